The molecule has 1 aromatic carbocycles. The van der Waals surface area contributed by atoms with Crippen LogP contribution in [0.2, 0.25) is 0 Å². The van der Waals surface area contributed by atoms with E-state index in [0.717, 1.165) is 28.8 Å². The summed E-state index contributed by atoms with van der Waals surface area (Å²) in [5, 5.41) is 4.54. The highest BCUT2D eigenvalue weighted by Gasteiger charge is 2.18. The standard InChI is InChI=1S/C18H23N5O2/c1-11-8-17(20-12(2)19-11)23-18(21-13(3)22-23)10-14-6-7-15(24-4)16(9-14)25-5/h6-7,9,12H,8,10H2,1-5H3. The van der Waals surface area contributed by atoms with Gasteiger partial charge in [-0.05, 0) is 38.5 Å². The summed E-state index contributed by atoms with van der Waals surface area (Å²) in [7, 11) is 3.26. The molecule has 2 heterocycles. The summed E-state index contributed by atoms with van der Waals surface area (Å²) >= 11 is 0. The van der Waals surface area contributed by atoms with Gasteiger partial charge in [-0.25, -0.2) is 14.7 Å². The maximum absolute atomic E-state index is 5.39. The molecule has 0 spiro atoms. The van der Waals surface area contributed by atoms with Crippen molar-refractivity contribution in [2.75, 3.05) is 14.2 Å². The molecule has 2 aromatic rings. The van der Waals surface area contributed by atoms with E-state index in [0.29, 0.717) is 24.3 Å². The maximum atomic E-state index is 5.39. The number of hydrogen-bond acceptors (Lipinski definition) is 6. The van der Waals surface area contributed by atoms with Gasteiger partial charge in [0, 0.05) is 18.6 Å². The lowest BCUT2D eigenvalue weighted by atomic mass is 10.1. The third kappa shape index (κ3) is 3.70. The van der Waals surface area contributed by atoms with Crippen LogP contribution in [-0.4, -0.2) is 46.7 Å². The lowest BCUT2D eigenvalue weighted by Gasteiger charge is -2.16. The third-order valence-electron chi connectivity index (χ3n) is 3.99. The van der Waals surface area contributed by atoms with Crippen LogP contribution in [0.4, 0.5) is 0 Å². The van der Waals surface area contributed by atoms with Crippen molar-refractivity contribution >= 4 is 11.5 Å². The van der Waals surface area contributed by atoms with Gasteiger partial charge in [0.25, 0.3) is 0 Å². The SMILES string of the molecule is COc1ccc(Cc2nc(C)nn2C2=NC(C)N=C(C)C2)cc1OC. The van der Waals surface area contributed by atoms with Crippen LogP contribution >= 0.6 is 0 Å². The third-order valence-corrected chi connectivity index (χ3v) is 3.99. The summed E-state index contributed by atoms with van der Waals surface area (Å²) in [6.07, 6.45) is 1.24. The summed E-state index contributed by atoms with van der Waals surface area (Å²) in [5.41, 5.74) is 2.13. The number of benzene rings is 1. The van der Waals surface area contributed by atoms with E-state index >= 15 is 0 Å². The van der Waals surface area contributed by atoms with Crippen molar-refractivity contribution in [3.63, 3.8) is 0 Å². The Morgan fingerprint density at radius 1 is 1.12 bits per heavy atom. The molecule has 0 bridgehead atoms. The summed E-state index contributed by atoms with van der Waals surface area (Å²) in [6.45, 7) is 5.88. The maximum Gasteiger partial charge on any atom is 0.161 e. The molecule has 1 unspecified atom stereocenters. The predicted octanol–water partition coefficient (Wildman–Crippen LogP) is 2.65. The number of aliphatic imine (C=N–C) groups is 2. The zero-order valence-corrected chi connectivity index (χ0v) is 15.3. The number of methoxy groups -OCH3 is 2. The highest BCUT2D eigenvalue weighted by atomic mass is 16.5. The summed E-state index contributed by atoms with van der Waals surface area (Å²) in [4.78, 5) is 13.7. The van der Waals surface area contributed by atoms with Crippen molar-refractivity contribution in [3.05, 3.63) is 35.4 Å². The molecular formula is C18H23N5O2. The average Bonchev–Trinajstić information content (AvgIpc) is 2.94. The Bertz CT molecular complexity index is 838. The van der Waals surface area contributed by atoms with Crippen LogP contribution in [-0.2, 0) is 6.42 Å². The Hall–Kier alpha value is -2.70. The molecule has 0 N–H and O–H groups in total. The van der Waals surface area contributed by atoms with E-state index < -0.39 is 0 Å². The molecule has 0 radical (unpaired) electrons. The molecule has 7 nitrogen and oxygen atoms in total. The largest absolute Gasteiger partial charge is 0.493 e. The average molecular weight is 341 g/mol. The minimum absolute atomic E-state index is 0.0813. The Balaban J connectivity index is 1.92. The predicted molar refractivity (Wildman–Crippen MR) is 97.1 cm³/mol. The molecule has 1 aliphatic heterocycles. The van der Waals surface area contributed by atoms with Gasteiger partial charge in [0.15, 0.2) is 11.5 Å². The zero-order chi connectivity index (χ0) is 18.0. The van der Waals surface area contributed by atoms with Crippen LogP contribution in [0.5, 0.6) is 11.5 Å². The Kier molecular flexibility index (Phi) is 4.83. The molecule has 0 amide bonds. The molecule has 0 aliphatic carbocycles. The van der Waals surface area contributed by atoms with Crippen LogP contribution in [0, 0.1) is 6.92 Å². The van der Waals surface area contributed by atoms with E-state index in [1.54, 1.807) is 14.2 Å². The van der Waals surface area contributed by atoms with E-state index in [9.17, 15) is 0 Å². The van der Waals surface area contributed by atoms with E-state index in [-0.39, 0.29) is 6.17 Å². The van der Waals surface area contributed by atoms with E-state index in [2.05, 4.69) is 20.1 Å². The van der Waals surface area contributed by atoms with E-state index in [1.807, 2.05) is 43.7 Å². The molecule has 1 aliphatic rings. The normalized spacial score (nSPS) is 17.1. The van der Waals surface area contributed by atoms with E-state index in [1.165, 1.54) is 0 Å². The fourth-order valence-electron chi connectivity index (χ4n) is 2.97. The zero-order valence-electron chi connectivity index (χ0n) is 15.3. The molecular weight excluding hydrogens is 318 g/mol. The van der Waals surface area contributed by atoms with Crippen molar-refractivity contribution in [1.82, 2.24) is 14.8 Å². The quantitative estimate of drug-likeness (QED) is 0.857. The molecule has 1 atom stereocenters. The number of rotatable bonds is 4. The Labute approximate surface area is 147 Å². The fourth-order valence-corrected chi connectivity index (χ4v) is 2.97. The van der Waals surface area contributed by atoms with Crippen molar-refractivity contribution in [2.24, 2.45) is 9.98 Å². The Morgan fingerprint density at radius 3 is 2.56 bits per heavy atom. The second-order valence-electron chi connectivity index (χ2n) is 6.07. The lowest BCUT2D eigenvalue weighted by molar-refractivity contribution is 0.354. The lowest BCUT2D eigenvalue weighted by Crippen LogP contribution is -2.25. The van der Waals surface area contributed by atoms with Gasteiger partial charge in [0.2, 0.25) is 0 Å². The second-order valence-corrected chi connectivity index (χ2v) is 6.07. The van der Waals surface area contributed by atoms with Gasteiger partial charge in [-0.15, -0.1) is 0 Å². The highest BCUT2D eigenvalue weighted by Crippen LogP contribution is 2.28. The molecule has 132 valence electrons. The molecule has 1 aromatic heterocycles. The first kappa shape index (κ1) is 17.1. The topological polar surface area (TPSA) is 73.9 Å². The van der Waals surface area contributed by atoms with Crippen molar-refractivity contribution in [1.29, 1.82) is 0 Å². The van der Waals surface area contributed by atoms with Crippen LogP contribution in [0.1, 0.15) is 37.5 Å². The van der Waals surface area contributed by atoms with Crippen molar-refractivity contribution < 1.29 is 9.47 Å². The number of nitrogens with zero attached hydrogens (tertiary/aromatic N) is 5. The van der Waals surface area contributed by atoms with Crippen molar-refractivity contribution in [3.8, 4) is 11.5 Å². The van der Waals surface area contributed by atoms with Gasteiger partial charge < -0.3 is 9.47 Å². The number of hydrogen-bond donors (Lipinski definition) is 0. The summed E-state index contributed by atoms with van der Waals surface area (Å²) in [6, 6.07) is 5.87. The van der Waals surface area contributed by atoms with Crippen LogP contribution < -0.4 is 9.47 Å². The summed E-state index contributed by atoms with van der Waals surface area (Å²) < 4.78 is 12.5. The first-order chi connectivity index (χ1) is 12.0. The van der Waals surface area contributed by atoms with Crippen LogP contribution in [0.3, 0.4) is 0 Å². The van der Waals surface area contributed by atoms with Gasteiger partial charge >= 0.3 is 0 Å². The number of aryl methyl sites for hydroxylation is 1. The number of aromatic nitrogens is 3. The van der Waals surface area contributed by atoms with E-state index in [4.69, 9.17) is 9.47 Å². The smallest absolute Gasteiger partial charge is 0.161 e. The van der Waals surface area contributed by atoms with Gasteiger partial charge in [-0.3, -0.25) is 4.99 Å². The monoisotopic (exact) mass is 341 g/mol. The molecule has 0 saturated carbocycles. The fraction of sp³-hybridized carbons (Fsp3) is 0.444. The van der Waals surface area contributed by atoms with Gasteiger partial charge in [0.1, 0.15) is 23.7 Å². The number of ether oxygens (including phenoxy) is 2. The first-order valence-electron chi connectivity index (χ1n) is 8.24. The Morgan fingerprint density at radius 2 is 1.88 bits per heavy atom. The minimum atomic E-state index is -0.0813. The second kappa shape index (κ2) is 7.04. The molecule has 0 saturated heterocycles. The molecule has 25 heavy (non-hydrogen) atoms. The minimum Gasteiger partial charge on any atom is -0.493 e. The highest BCUT2D eigenvalue weighted by molar-refractivity contribution is 6.04. The molecule has 7 heteroatoms. The van der Waals surface area contributed by atoms with Gasteiger partial charge in [0.05, 0.1) is 14.2 Å². The molecule has 0 fully saturated rings. The van der Waals surface area contributed by atoms with Gasteiger partial charge in [-0.1, -0.05) is 6.07 Å². The van der Waals surface area contributed by atoms with Crippen LogP contribution in [0.25, 0.3) is 0 Å². The van der Waals surface area contributed by atoms with Crippen molar-refractivity contribution in [2.45, 2.75) is 39.8 Å². The summed E-state index contributed by atoms with van der Waals surface area (Å²) in [5.74, 6) is 3.88. The van der Waals surface area contributed by atoms with Crippen LogP contribution in [0.15, 0.2) is 28.2 Å². The molecule has 3 rings (SSSR count). The van der Waals surface area contributed by atoms with Gasteiger partial charge in [-0.2, -0.15) is 5.10 Å². The first-order valence-corrected chi connectivity index (χ1v) is 8.24.